The Balaban J connectivity index is 2.54. The average molecular weight is 228 g/mol. The number of alkyl halides is 1. The molecule has 0 saturated carbocycles. The van der Waals surface area contributed by atoms with Gasteiger partial charge in [0.05, 0.1) is 12.3 Å². The van der Waals surface area contributed by atoms with Crippen LogP contribution in [0.25, 0.3) is 5.78 Å². The average Bonchev–Trinajstić information content (AvgIpc) is 2.61. The first-order chi connectivity index (χ1) is 7.24. The highest BCUT2D eigenvalue weighted by Gasteiger charge is 2.08. The number of aliphatic hydroxyl groups is 1. The lowest BCUT2D eigenvalue weighted by Gasteiger charge is -1.97. The zero-order valence-corrected chi connectivity index (χ0v) is 8.65. The monoisotopic (exact) mass is 228 g/mol. The number of aliphatic hydroxyl groups excluding tert-OH is 1. The molecule has 0 atom stereocenters. The van der Waals surface area contributed by atoms with Gasteiger partial charge in [0.2, 0.25) is 0 Å². The molecule has 0 radical (unpaired) electrons. The van der Waals surface area contributed by atoms with Crippen LogP contribution in [0.1, 0.15) is 11.5 Å². The molecule has 0 aromatic carbocycles. The van der Waals surface area contributed by atoms with Gasteiger partial charge in [-0.15, -0.1) is 17.7 Å². The number of hydrogen-bond acceptors (Lipinski definition) is 5. The molecule has 2 aromatic rings. The molecule has 0 amide bonds. The standard InChI is InChI=1S/C8H9FN4OS/c9-4-5-3-7(15)13-8(10-5)11-6(12-13)1-2-14/h3,14-15H,1-2,4H2. The molecule has 0 unspecified atom stereocenters. The molecule has 0 fully saturated rings. The second kappa shape index (κ2) is 4.11. The molecular weight excluding hydrogens is 219 g/mol. The summed E-state index contributed by atoms with van der Waals surface area (Å²) in [5, 5.41) is 13.3. The SMILES string of the molecule is OCCc1nc2nc(CF)cc(S)n2n1. The fourth-order valence-electron chi connectivity index (χ4n) is 1.22. The maximum Gasteiger partial charge on any atom is 0.253 e. The molecule has 0 saturated heterocycles. The maximum absolute atomic E-state index is 12.4. The van der Waals surface area contributed by atoms with Crippen molar-refractivity contribution in [2.45, 2.75) is 18.1 Å². The van der Waals surface area contributed by atoms with Crippen LogP contribution in [0.2, 0.25) is 0 Å². The van der Waals surface area contributed by atoms with Gasteiger partial charge in [0, 0.05) is 6.42 Å². The van der Waals surface area contributed by atoms with Crippen LogP contribution in [0.3, 0.4) is 0 Å². The Kier molecular flexibility index (Phi) is 2.83. The Bertz CT molecular complexity index is 487. The van der Waals surface area contributed by atoms with Crippen molar-refractivity contribution in [1.82, 2.24) is 19.6 Å². The van der Waals surface area contributed by atoms with Crippen LogP contribution >= 0.6 is 12.6 Å². The van der Waals surface area contributed by atoms with Gasteiger partial charge in [0.15, 0.2) is 5.82 Å². The summed E-state index contributed by atoms with van der Waals surface area (Å²) in [4.78, 5) is 7.98. The summed E-state index contributed by atoms with van der Waals surface area (Å²) in [5.74, 6) is 0.773. The summed E-state index contributed by atoms with van der Waals surface area (Å²) < 4.78 is 13.8. The predicted octanol–water partition coefficient (Wildman–Crippen LogP) is 0.417. The van der Waals surface area contributed by atoms with E-state index in [0.717, 1.165) is 0 Å². The minimum absolute atomic E-state index is 0.0330. The van der Waals surface area contributed by atoms with Gasteiger partial charge in [0.1, 0.15) is 11.7 Å². The molecule has 1 N–H and O–H groups in total. The van der Waals surface area contributed by atoms with Gasteiger partial charge in [-0.25, -0.2) is 9.37 Å². The van der Waals surface area contributed by atoms with E-state index >= 15 is 0 Å². The lowest BCUT2D eigenvalue weighted by atomic mass is 10.4. The van der Waals surface area contributed by atoms with Crippen LogP contribution in [0, 0.1) is 0 Å². The zero-order valence-electron chi connectivity index (χ0n) is 7.76. The topological polar surface area (TPSA) is 63.3 Å². The van der Waals surface area contributed by atoms with Crippen LogP contribution in [0.5, 0.6) is 0 Å². The zero-order chi connectivity index (χ0) is 10.8. The molecule has 0 aliphatic carbocycles. The van der Waals surface area contributed by atoms with Crippen molar-refractivity contribution in [3.05, 3.63) is 17.6 Å². The molecule has 5 nitrogen and oxygen atoms in total. The second-order valence-electron chi connectivity index (χ2n) is 2.95. The van der Waals surface area contributed by atoms with Gasteiger partial charge in [-0.05, 0) is 6.07 Å². The molecule has 0 spiro atoms. The smallest absolute Gasteiger partial charge is 0.253 e. The van der Waals surface area contributed by atoms with Gasteiger partial charge in [-0.1, -0.05) is 0 Å². The number of nitrogens with zero attached hydrogens (tertiary/aromatic N) is 4. The molecule has 0 aliphatic rings. The minimum Gasteiger partial charge on any atom is -0.396 e. The summed E-state index contributed by atoms with van der Waals surface area (Å²) in [6, 6.07) is 1.49. The van der Waals surface area contributed by atoms with Gasteiger partial charge in [0.25, 0.3) is 5.78 Å². The van der Waals surface area contributed by atoms with Crippen LogP contribution in [-0.2, 0) is 13.1 Å². The van der Waals surface area contributed by atoms with Crippen molar-refractivity contribution < 1.29 is 9.50 Å². The highest BCUT2D eigenvalue weighted by atomic mass is 32.1. The fraction of sp³-hybridized carbons (Fsp3) is 0.375. The Labute approximate surface area is 90.4 Å². The van der Waals surface area contributed by atoms with E-state index in [1.54, 1.807) is 0 Å². The van der Waals surface area contributed by atoms with Crippen LogP contribution in [-0.4, -0.2) is 31.3 Å². The van der Waals surface area contributed by atoms with Crippen LogP contribution in [0.4, 0.5) is 4.39 Å². The number of hydrogen-bond donors (Lipinski definition) is 2. The molecule has 2 heterocycles. The van der Waals surface area contributed by atoms with E-state index in [0.29, 0.717) is 23.0 Å². The number of thiol groups is 1. The predicted molar refractivity (Wildman–Crippen MR) is 53.6 cm³/mol. The number of halogens is 1. The van der Waals surface area contributed by atoms with E-state index in [2.05, 4.69) is 27.7 Å². The Hall–Kier alpha value is -1.21. The van der Waals surface area contributed by atoms with Crippen molar-refractivity contribution in [2.24, 2.45) is 0 Å². The molecule has 2 rings (SSSR count). The summed E-state index contributed by atoms with van der Waals surface area (Å²) in [6.07, 6.45) is 0.349. The van der Waals surface area contributed by atoms with Crippen molar-refractivity contribution in [1.29, 1.82) is 0 Å². The quantitative estimate of drug-likeness (QED) is 0.590. The van der Waals surface area contributed by atoms with Crippen molar-refractivity contribution in [3.8, 4) is 0 Å². The van der Waals surface area contributed by atoms with Gasteiger partial charge >= 0.3 is 0 Å². The van der Waals surface area contributed by atoms with Crippen LogP contribution < -0.4 is 0 Å². The largest absolute Gasteiger partial charge is 0.396 e. The third-order valence-corrected chi connectivity index (χ3v) is 2.18. The van der Waals surface area contributed by atoms with Gasteiger partial charge < -0.3 is 5.11 Å². The fourth-order valence-corrected chi connectivity index (χ4v) is 1.50. The molecule has 80 valence electrons. The van der Waals surface area contributed by atoms with Crippen LogP contribution in [0.15, 0.2) is 11.1 Å². The first-order valence-corrected chi connectivity index (χ1v) is 4.80. The Morgan fingerprint density at radius 1 is 1.47 bits per heavy atom. The van der Waals surface area contributed by atoms with E-state index in [-0.39, 0.29) is 12.3 Å². The van der Waals surface area contributed by atoms with Crippen molar-refractivity contribution in [3.63, 3.8) is 0 Å². The first kappa shape index (κ1) is 10.3. The Morgan fingerprint density at radius 2 is 2.27 bits per heavy atom. The third-order valence-electron chi connectivity index (χ3n) is 1.86. The van der Waals surface area contributed by atoms with E-state index in [4.69, 9.17) is 5.11 Å². The van der Waals surface area contributed by atoms with E-state index in [9.17, 15) is 4.39 Å². The lowest BCUT2D eigenvalue weighted by molar-refractivity contribution is 0.296. The molecular formula is C8H9FN4OS. The molecule has 15 heavy (non-hydrogen) atoms. The molecule has 0 bridgehead atoms. The summed E-state index contributed by atoms with van der Waals surface area (Å²) in [6.45, 7) is -0.693. The molecule has 2 aromatic heterocycles. The number of fused-ring (bicyclic) bond motifs is 1. The minimum atomic E-state index is -0.660. The van der Waals surface area contributed by atoms with Gasteiger partial charge in [-0.3, -0.25) is 0 Å². The van der Waals surface area contributed by atoms with E-state index < -0.39 is 6.67 Å². The second-order valence-corrected chi connectivity index (χ2v) is 3.41. The van der Waals surface area contributed by atoms with Crippen molar-refractivity contribution in [2.75, 3.05) is 6.61 Å². The summed E-state index contributed by atoms with van der Waals surface area (Å²) in [7, 11) is 0. The first-order valence-electron chi connectivity index (χ1n) is 4.36. The maximum atomic E-state index is 12.4. The molecule has 7 heteroatoms. The van der Waals surface area contributed by atoms with Gasteiger partial charge in [-0.2, -0.15) is 9.50 Å². The highest BCUT2D eigenvalue weighted by molar-refractivity contribution is 7.80. The summed E-state index contributed by atoms with van der Waals surface area (Å²) >= 11 is 4.15. The Morgan fingerprint density at radius 3 is 2.93 bits per heavy atom. The van der Waals surface area contributed by atoms with Crippen molar-refractivity contribution >= 4 is 18.4 Å². The number of rotatable bonds is 3. The highest BCUT2D eigenvalue weighted by Crippen LogP contribution is 2.11. The summed E-state index contributed by atoms with van der Waals surface area (Å²) in [5.41, 5.74) is 0.274. The molecule has 0 aliphatic heterocycles. The van der Waals surface area contributed by atoms with E-state index in [1.165, 1.54) is 10.6 Å². The number of aromatic nitrogens is 4. The van der Waals surface area contributed by atoms with E-state index in [1.807, 2.05) is 0 Å². The normalized spacial score (nSPS) is 11.1. The lowest BCUT2D eigenvalue weighted by Crippen LogP contribution is -1.97. The third kappa shape index (κ3) is 1.93.